The van der Waals surface area contributed by atoms with Gasteiger partial charge in [-0.2, -0.15) is 0 Å². The van der Waals surface area contributed by atoms with Gasteiger partial charge in [-0.3, -0.25) is 0 Å². The molecule has 0 aromatic heterocycles. The van der Waals surface area contributed by atoms with Crippen molar-refractivity contribution in [2.75, 3.05) is 0 Å². The second-order valence-electron chi connectivity index (χ2n) is 1.67. The number of nitrogens with zero attached hydrogens (tertiary/aromatic N) is 1. The van der Waals surface area contributed by atoms with E-state index in [0.717, 1.165) is 12.1 Å². The van der Waals surface area contributed by atoms with E-state index in [2.05, 4.69) is 18.5 Å². The van der Waals surface area contributed by atoms with Crippen LogP contribution < -0.4 is 0 Å². The van der Waals surface area contributed by atoms with Crippen molar-refractivity contribution in [2.24, 2.45) is 4.99 Å². The standard InChI is InChI=1S/C7H11N.W/c1-4-6-7(3)8-5-2;/h5H,2,4H2,1,3H3;. The third kappa shape index (κ3) is 3.53. The maximum absolute atomic E-state index is 4.06. The number of hydrogen-bond donors (Lipinski definition) is 0. The molecule has 0 aromatic rings. The summed E-state index contributed by atoms with van der Waals surface area (Å²) in [7, 11) is 0. The van der Waals surface area contributed by atoms with Crippen LogP contribution in [0.25, 0.3) is 0 Å². The van der Waals surface area contributed by atoms with Crippen molar-refractivity contribution in [1.29, 1.82) is 0 Å². The summed E-state index contributed by atoms with van der Waals surface area (Å²) >= 11 is 1.51. The van der Waals surface area contributed by atoms with E-state index in [1.165, 1.54) is 23.3 Å². The predicted molar refractivity (Wildman–Crippen MR) is 38.6 cm³/mol. The van der Waals surface area contributed by atoms with Crippen LogP contribution in [-0.2, 0) is 19.4 Å². The van der Waals surface area contributed by atoms with Crippen LogP contribution in [0.1, 0.15) is 20.3 Å². The van der Waals surface area contributed by atoms with Crippen molar-refractivity contribution >= 4 is 9.61 Å². The molecule has 0 N–H and O–H groups in total. The molecular weight excluding hydrogens is 282 g/mol. The Bertz CT molecular complexity index is 147. The van der Waals surface area contributed by atoms with E-state index >= 15 is 0 Å². The van der Waals surface area contributed by atoms with Gasteiger partial charge in [-0.15, -0.1) is 0 Å². The van der Waals surface area contributed by atoms with Gasteiger partial charge >= 0.3 is 67.0 Å². The first kappa shape index (κ1) is 8.97. The van der Waals surface area contributed by atoms with Crippen LogP contribution in [0.15, 0.2) is 17.8 Å². The van der Waals surface area contributed by atoms with Gasteiger partial charge in [0.2, 0.25) is 0 Å². The van der Waals surface area contributed by atoms with E-state index in [1.54, 1.807) is 6.20 Å². The van der Waals surface area contributed by atoms with Gasteiger partial charge in [0.05, 0.1) is 0 Å². The molecule has 2 heteroatoms. The Hall–Kier alpha value is -0.0317. The molecule has 0 amide bonds. The van der Waals surface area contributed by atoms with Crippen LogP contribution >= 0.6 is 0 Å². The molecule has 0 saturated heterocycles. The first-order valence-corrected chi connectivity index (χ1v) is 4.37. The molecule has 0 saturated carbocycles. The minimum atomic E-state index is 1.11. The fourth-order valence-corrected chi connectivity index (χ4v) is 0.654. The minimum absolute atomic E-state index is 1.11. The molecule has 0 bridgehead atoms. The van der Waals surface area contributed by atoms with E-state index in [4.69, 9.17) is 0 Å². The average Bonchev–Trinajstić information content (AvgIpc) is 1.87. The van der Waals surface area contributed by atoms with E-state index in [-0.39, 0.29) is 0 Å². The van der Waals surface area contributed by atoms with Crippen LogP contribution in [0.3, 0.4) is 0 Å². The summed E-state index contributed by atoms with van der Waals surface area (Å²) in [5, 5.41) is 0. The van der Waals surface area contributed by atoms with Crippen molar-refractivity contribution in [3.8, 4) is 0 Å². The van der Waals surface area contributed by atoms with Crippen molar-refractivity contribution in [3.63, 3.8) is 0 Å². The third-order valence-corrected chi connectivity index (χ3v) is 3.11. The molecule has 0 heterocycles. The van der Waals surface area contributed by atoms with Gasteiger partial charge in [-0.05, 0) is 0 Å². The topological polar surface area (TPSA) is 12.4 Å². The fourth-order valence-electron chi connectivity index (χ4n) is 0.465. The van der Waals surface area contributed by atoms with E-state index in [0.29, 0.717) is 0 Å². The van der Waals surface area contributed by atoms with Crippen LogP contribution in [-0.4, -0.2) is 9.61 Å². The molecule has 0 aliphatic carbocycles. The molecule has 0 spiro atoms. The number of aliphatic imine (C=N–C) groups is 1. The molecule has 0 radical (unpaired) electrons. The zero-order valence-corrected chi connectivity index (χ0v) is 8.78. The molecule has 0 aromatic carbocycles. The Morgan fingerprint density at radius 1 is 1.78 bits per heavy atom. The summed E-state index contributed by atoms with van der Waals surface area (Å²) in [5.74, 6) is 0. The Morgan fingerprint density at radius 3 is 2.67 bits per heavy atom. The van der Waals surface area contributed by atoms with Crippen molar-refractivity contribution < 1.29 is 19.4 Å². The van der Waals surface area contributed by atoms with Crippen LogP contribution in [0.5, 0.6) is 0 Å². The van der Waals surface area contributed by atoms with Crippen LogP contribution in [0.2, 0.25) is 0 Å². The number of rotatable bonds is 3. The van der Waals surface area contributed by atoms with Crippen LogP contribution in [0, 0.1) is 0 Å². The molecule has 0 aliphatic rings. The summed E-state index contributed by atoms with van der Waals surface area (Å²) in [6.45, 7) is 7.69. The summed E-state index contributed by atoms with van der Waals surface area (Å²) in [4.78, 5) is 4.06. The number of hydrogen-bond acceptors (Lipinski definition) is 1. The Morgan fingerprint density at radius 2 is 2.33 bits per heavy atom. The summed E-state index contributed by atoms with van der Waals surface area (Å²) in [6, 6.07) is 0. The molecule has 50 valence electrons. The van der Waals surface area contributed by atoms with Crippen LogP contribution in [0.4, 0.5) is 0 Å². The van der Waals surface area contributed by atoms with E-state index in [9.17, 15) is 0 Å². The van der Waals surface area contributed by atoms with Gasteiger partial charge < -0.3 is 0 Å². The predicted octanol–water partition coefficient (Wildman–Crippen LogP) is 1.72. The first-order valence-electron chi connectivity index (χ1n) is 2.90. The third-order valence-electron chi connectivity index (χ3n) is 1.01. The van der Waals surface area contributed by atoms with E-state index < -0.39 is 0 Å². The molecule has 0 fully saturated rings. The summed E-state index contributed by atoms with van der Waals surface area (Å²) in [6.07, 6.45) is 2.70. The Labute approximate surface area is 67.3 Å². The summed E-state index contributed by atoms with van der Waals surface area (Å²) < 4.78 is 1.41. The zero-order chi connectivity index (χ0) is 7.28. The van der Waals surface area contributed by atoms with Gasteiger partial charge in [-0.1, -0.05) is 0 Å². The van der Waals surface area contributed by atoms with Gasteiger partial charge in [0, 0.05) is 0 Å². The maximum atomic E-state index is 4.06. The Balaban J connectivity index is 4.01. The molecule has 0 aliphatic heterocycles. The molecule has 1 nitrogen and oxygen atoms in total. The normalized spacial score (nSPS) is 11.1. The van der Waals surface area contributed by atoms with Gasteiger partial charge in [0.1, 0.15) is 0 Å². The Kier molecular flexibility index (Phi) is 4.79. The first-order chi connectivity index (χ1) is 4.22. The SMILES string of the molecule is C=CN=C(C)[C](=[W])CC. The molecule has 0 rings (SSSR count). The second kappa shape index (κ2) is 4.81. The van der Waals surface area contributed by atoms with Gasteiger partial charge in [-0.25, -0.2) is 0 Å². The van der Waals surface area contributed by atoms with Gasteiger partial charge in [0.25, 0.3) is 0 Å². The molecule has 0 unspecified atom stereocenters. The van der Waals surface area contributed by atoms with E-state index in [1.807, 2.05) is 6.92 Å². The van der Waals surface area contributed by atoms with Gasteiger partial charge in [0.15, 0.2) is 0 Å². The monoisotopic (exact) mass is 293 g/mol. The molecular formula is C7H11NW. The van der Waals surface area contributed by atoms with Crippen molar-refractivity contribution in [3.05, 3.63) is 12.8 Å². The molecule has 9 heavy (non-hydrogen) atoms. The average molecular weight is 293 g/mol. The quantitative estimate of drug-likeness (QED) is 0.703. The molecule has 0 atom stereocenters. The second-order valence-corrected chi connectivity index (χ2v) is 3.44. The van der Waals surface area contributed by atoms with Crippen molar-refractivity contribution in [2.45, 2.75) is 20.3 Å². The zero-order valence-electron chi connectivity index (χ0n) is 5.85. The fraction of sp³-hybridized carbons (Fsp3) is 0.429. The summed E-state index contributed by atoms with van der Waals surface area (Å²) in [5.41, 5.74) is 1.13. The van der Waals surface area contributed by atoms with Crippen molar-refractivity contribution in [1.82, 2.24) is 0 Å².